The molecule has 1 heterocycles. The number of amides is 2. The molecule has 0 aliphatic carbocycles. The lowest BCUT2D eigenvalue weighted by Crippen LogP contribution is -2.48. The van der Waals surface area contributed by atoms with Crippen LogP contribution in [0.25, 0.3) is 0 Å². The molecule has 0 bridgehead atoms. The number of carbonyl (C=O) groups is 3. The van der Waals surface area contributed by atoms with Crippen molar-refractivity contribution in [3.05, 3.63) is 0 Å². The van der Waals surface area contributed by atoms with E-state index >= 15 is 0 Å². The van der Waals surface area contributed by atoms with Crippen LogP contribution in [0.3, 0.4) is 0 Å². The highest BCUT2D eigenvalue weighted by atomic mass is 16.6. The smallest absolute Gasteiger partial charge is 0.407 e. The number of nitrogens with zero attached hydrogens (tertiary/aromatic N) is 1. The Hall–Kier alpha value is -1.99. The molecular formula is C14H24N2O6. The molecule has 0 saturated carbocycles. The van der Waals surface area contributed by atoms with Gasteiger partial charge in [0.2, 0.25) is 0 Å². The molecule has 0 unspecified atom stereocenters. The number of esters is 1. The van der Waals surface area contributed by atoms with E-state index in [-0.39, 0.29) is 19.6 Å². The van der Waals surface area contributed by atoms with Crippen LogP contribution in [0.5, 0.6) is 0 Å². The van der Waals surface area contributed by atoms with E-state index in [0.717, 1.165) is 4.90 Å². The van der Waals surface area contributed by atoms with Crippen molar-refractivity contribution in [2.75, 3.05) is 13.2 Å². The van der Waals surface area contributed by atoms with Crippen LogP contribution in [0.2, 0.25) is 0 Å². The molecule has 8 heteroatoms. The van der Waals surface area contributed by atoms with E-state index in [1.54, 1.807) is 27.7 Å². The average molecular weight is 316 g/mol. The van der Waals surface area contributed by atoms with Crippen LogP contribution in [0.1, 0.15) is 40.5 Å². The van der Waals surface area contributed by atoms with E-state index < -0.39 is 35.8 Å². The Kier molecular flexibility index (Phi) is 6.01. The highest BCUT2D eigenvalue weighted by molar-refractivity contribution is 5.74. The number of carboxylic acid groups (broad SMARTS) is 1. The first-order chi connectivity index (χ1) is 10.1. The zero-order valence-corrected chi connectivity index (χ0v) is 13.4. The van der Waals surface area contributed by atoms with Gasteiger partial charge in [0.1, 0.15) is 5.60 Å². The predicted molar refractivity (Wildman–Crippen MR) is 77.5 cm³/mol. The molecule has 1 rings (SSSR count). The van der Waals surface area contributed by atoms with Crippen molar-refractivity contribution >= 4 is 18.2 Å². The number of ether oxygens (including phenoxy) is 2. The molecule has 1 aliphatic heterocycles. The van der Waals surface area contributed by atoms with Gasteiger partial charge in [-0.3, -0.25) is 4.79 Å². The minimum absolute atomic E-state index is 0.0966. The number of likely N-dealkylation sites (tertiary alicyclic amines) is 1. The minimum Gasteiger partial charge on any atom is -0.466 e. The van der Waals surface area contributed by atoms with Crippen molar-refractivity contribution in [3.63, 3.8) is 0 Å². The summed E-state index contributed by atoms with van der Waals surface area (Å²) in [6.07, 6.45) is -1.42. The molecule has 0 radical (unpaired) electrons. The third-order valence-corrected chi connectivity index (χ3v) is 3.17. The number of nitrogens with one attached hydrogen (secondary N) is 1. The number of hydrogen-bond acceptors (Lipinski definition) is 5. The molecular weight excluding hydrogens is 292 g/mol. The maximum atomic E-state index is 11.8. The summed E-state index contributed by atoms with van der Waals surface area (Å²) in [7, 11) is 0. The van der Waals surface area contributed by atoms with Gasteiger partial charge in [0.05, 0.1) is 25.1 Å². The summed E-state index contributed by atoms with van der Waals surface area (Å²) in [4.78, 5) is 35.9. The van der Waals surface area contributed by atoms with Gasteiger partial charge >= 0.3 is 18.2 Å². The zero-order valence-electron chi connectivity index (χ0n) is 13.4. The Morgan fingerprint density at radius 3 is 2.45 bits per heavy atom. The Labute approximate surface area is 129 Å². The normalized spacial score (nSPS) is 21.4. The second-order valence-electron chi connectivity index (χ2n) is 6.09. The van der Waals surface area contributed by atoms with E-state index in [1.165, 1.54) is 0 Å². The van der Waals surface area contributed by atoms with Crippen molar-refractivity contribution in [1.82, 2.24) is 10.2 Å². The summed E-state index contributed by atoms with van der Waals surface area (Å²) in [5.41, 5.74) is -0.647. The highest BCUT2D eigenvalue weighted by Gasteiger charge is 2.40. The van der Waals surface area contributed by atoms with Gasteiger partial charge in [0.15, 0.2) is 0 Å². The molecule has 8 nitrogen and oxygen atoms in total. The Balaban J connectivity index is 2.72. The molecule has 22 heavy (non-hydrogen) atoms. The van der Waals surface area contributed by atoms with Crippen molar-refractivity contribution in [2.24, 2.45) is 0 Å². The first-order valence-electron chi connectivity index (χ1n) is 7.28. The number of carbonyl (C=O) groups excluding carboxylic acids is 2. The van der Waals surface area contributed by atoms with Crippen LogP contribution in [0.4, 0.5) is 9.59 Å². The summed E-state index contributed by atoms with van der Waals surface area (Å²) in [6.45, 7) is 7.36. The number of hydrogen-bond donors (Lipinski definition) is 2. The van der Waals surface area contributed by atoms with Crippen LogP contribution in [-0.2, 0) is 14.3 Å². The fraction of sp³-hybridized carbons (Fsp3) is 0.786. The van der Waals surface area contributed by atoms with Gasteiger partial charge in [-0.1, -0.05) is 0 Å². The monoisotopic (exact) mass is 316 g/mol. The summed E-state index contributed by atoms with van der Waals surface area (Å²) in [5, 5.41) is 11.8. The molecule has 2 N–H and O–H groups in total. The van der Waals surface area contributed by atoms with E-state index in [9.17, 15) is 19.5 Å². The van der Waals surface area contributed by atoms with Crippen LogP contribution in [0.15, 0.2) is 0 Å². The molecule has 1 aliphatic rings. The zero-order chi connectivity index (χ0) is 16.9. The third-order valence-electron chi connectivity index (χ3n) is 3.17. The average Bonchev–Trinajstić information content (AvgIpc) is 2.70. The second-order valence-corrected chi connectivity index (χ2v) is 6.09. The van der Waals surface area contributed by atoms with Crippen molar-refractivity contribution in [1.29, 1.82) is 0 Å². The van der Waals surface area contributed by atoms with Crippen molar-refractivity contribution in [2.45, 2.75) is 58.2 Å². The van der Waals surface area contributed by atoms with Crippen LogP contribution in [-0.4, -0.2) is 59.0 Å². The van der Waals surface area contributed by atoms with Gasteiger partial charge in [-0.15, -0.1) is 0 Å². The SMILES string of the molecule is CCOC(=O)C[C@@H]1[C@@H](NC(=O)OC(C)(C)C)CCN1C(=O)O. The lowest BCUT2D eigenvalue weighted by molar-refractivity contribution is -0.144. The summed E-state index contributed by atoms with van der Waals surface area (Å²) in [6, 6.07) is -1.13. The fourth-order valence-corrected chi connectivity index (χ4v) is 2.36. The van der Waals surface area contributed by atoms with E-state index in [1.807, 2.05) is 0 Å². The predicted octanol–water partition coefficient (Wildman–Crippen LogP) is 1.59. The van der Waals surface area contributed by atoms with Crippen molar-refractivity contribution in [3.8, 4) is 0 Å². The lowest BCUT2D eigenvalue weighted by Gasteiger charge is -2.27. The van der Waals surface area contributed by atoms with Gasteiger partial charge in [-0.25, -0.2) is 9.59 Å². The molecule has 0 aromatic carbocycles. The Bertz CT molecular complexity index is 432. The van der Waals surface area contributed by atoms with Gasteiger partial charge < -0.3 is 24.8 Å². The second kappa shape index (κ2) is 7.33. The van der Waals surface area contributed by atoms with Crippen LogP contribution in [0, 0.1) is 0 Å². The van der Waals surface area contributed by atoms with Gasteiger partial charge in [0, 0.05) is 6.54 Å². The van der Waals surface area contributed by atoms with E-state index in [0.29, 0.717) is 6.42 Å². The quantitative estimate of drug-likeness (QED) is 0.763. The standard InChI is InChI=1S/C14H24N2O6/c1-5-21-11(17)8-10-9(6-7-16(10)13(19)20)15-12(18)22-14(2,3)4/h9-10H,5-8H2,1-4H3,(H,15,18)(H,19,20)/t9-,10+/m0/s1. The largest absolute Gasteiger partial charge is 0.466 e. The van der Waals surface area contributed by atoms with Crippen molar-refractivity contribution < 1.29 is 29.0 Å². The minimum atomic E-state index is -1.12. The first kappa shape index (κ1) is 18.1. The molecule has 1 saturated heterocycles. The molecule has 1 fully saturated rings. The molecule has 126 valence electrons. The van der Waals surface area contributed by atoms with Gasteiger partial charge in [-0.05, 0) is 34.1 Å². The van der Waals surface area contributed by atoms with E-state index in [4.69, 9.17) is 9.47 Å². The number of alkyl carbamates (subject to hydrolysis) is 1. The molecule has 0 aromatic rings. The summed E-state index contributed by atoms with van der Waals surface area (Å²) >= 11 is 0. The van der Waals surface area contributed by atoms with Crippen LogP contribution < -0.4 is 5.32 Å². The molecule has 2 atom stereocenters. The first-order valence-corrected chi connectivity index (χ1v) is 7.28. The molecule has 0 spiro atoms. The highest BCUT2D eigenvalue weighted by Crippen LogP contribution is 2.22. The van der Waals surface area contributed by atoms with Crippen LogP contribution >= 0.6 is 0 Å². The fourth-order valence-electron chi connectivity index (χ4n) is 2.36. The summed E-state index contributed by atoms with van der Waals surface area (Å²) in [5.74, 6) is -0.489. The molecule has 2 amide bonds. The third kappa shape index (κ3) is 5.42. The Morgan fingerprint density at radius 1 is 1.32 bits per heavy atom. The Morgan fingerprint density at radius 2 is 1.95 bits per heavy atom. The topological polar surface area (TPSA) is 105 Å². The summed E-state index contributed by atoms with van der Waals surface area (Å²) < 4.78 is 10.0. The number of rotatable bonds is 4. The van der Waals surface area contributed by atoms with Gasteiger partial charge in [0.25, 0.3) is 0 Å². The lowest BCUT2D eigenvalue weighted by atomic mass is 10.1. The maximum Gasteiger partial charge on any atom is 0.407 e. The molecule has 0 aromatic heterocycles. The van der Waals surface area contributed by atoms with Gasteiger partial charge in [-0.2, -0.15) is 0 Å². The van der Waals surface area contributed by atoms with E-state index in [2.05, 4.69) is 5.32 Å². The maximum absolute atomic E-state index is 11.8.